The Morgan fingerprint density at radius 3 is 2.91 bits per heavy atom. The lowest BCUT2D eigenvalue weighted by Gasteiger charge is -2.34. The molecule has 0 radical (unpaired) electrons. The lowest BCUT2D eigenvalue weighted by Crippen LogP contribution is -2.56. The molecule has 1 rings (SSSR count). The molecule has 0 spiro atoms. The molecule has 4 atom stereocenters. The molecule has 0 saturated carbocycles. The van der Waals surface area contributed by atoms with Crippen LogP contribution in [-0.4, -0.2) is 42.6 Å². The Labute approximate surface area is 70.2 Å². The molecule has 0 aliphatic carbocycles. The summed E-state index contributed by atoms with van der Waals surface area (Å²) in [4.78, 5) is 0. The van der Waals surface area contributed by atoms with Gasteiger partial charge in [-0.3, -0.25) is 0 Å². The molecule has 0 aromatic carbocycles. The zero-order valence-corrected chi connectivity index (χ0v) is 6.99. The summed E-state index contributed by atoms with van der Waals surface area (Å²) in [6, 6.07) is -0.559. The number of ether oxygens (including phenoxy) is 2. The van der Waals surface area contributed by atoms with Gasteiger partial charge in [0.05, 0.1) is 24.1 Å². The van der Waals surface area contributed by atoms with Crippen molar-refractivity contribution in [2.45, 2.75) is 23.8 Å². The second kappa shape index (κ2) is 3.69. The van der Waals surface area contributed by atoms with Crippen LogP contribution in [0.5, 0.6) is 0 Å². The van der Waals surface area contributed by atoms with Crippen molar-refractivity contribution in [2.75, 3.05) is 13.7 Å². The average Bonchev–Trinajstić information content (AvgIpc) is 2.01. The fourth-order valence-electron chi connectivity index (χ4n) is 1.02. The van der Waals surface area contributed by atoms with Gasteiger partial charge in [0.15, 0.2) is 6.29 Å². The number of aliphatic hydroxyl groups is 1. The molecular weight excluding hydrogens is 170 g/mol. The molecule has 0 aromatic heterocycles. The van der Waals surface area contributed by atoms with E-state index >= 15 is 0 Å². The van der Waals surface area contributed by atoms with Crippen LogP contribution >= 0.6 is 11.6 Å². The zero-order valence-electron chi connectivity index (χ0n) is 6.24. The SMILES string of the molecule is CO[C@H]1OC[C@H](Cl)[C@H](O)[C@H]1N. The van der Waals surface area contributed by atoms with Gasteiger partial charge in [0.25, 0.3) is 0 Å². The molecule has 3 N–H and O–H groups in total. The second-order valence-corrected chi connectivity index (χ2v) is 3.08. The Bertz CT molecular complexity index is 133. The van der Waals surface area contributed by atoms with Crippen LogP contribution < -0.4 is 5.73 Å². The molecule has 0 unspecified atom stereocenters. The highest BCUT2D eigenvalue weighted by molar-refractivity contribution is 6.21. The number of hydrogen-bond acceptors (Lipinski definition) is 4. The van der Waals surface area contributed by atoms with Crippen LogP contribution in [0.1, 0.15) is 0 Å². The number of aliphatic hydroxyl groups excluding tert-OH is 1. The van der Waals surface area contributed by atoms with Gasteiger partial charge in [-0.15, -0.1) is 11.6 Å². The molecule has 5 heteroatoms. The van der Waals surface area contributed by atoms with Gasteiger partial charge < -0.3 is 20.3 Å². The summed E-state index contributed by atoms with van der Waals surface area (Å²) in [5.41, 5.74) is 5.54. The Morgan fingerprint density at radius 1 is 1.73 bits per heavy atom. The van der Waals surface area contributed by atoms with E-state index in [0.717, 1.165) is 0 Å². The number of rotatable bonds is 1. The summed E-state index contributed by atoms with van der Waals surface area (Å²) in [6.07, 6.45) is -1.30. The predicted molar refractivity (Wildman–Crippen MR) is 40.4 cm³/mol. The standard InChI is InChI=1S/C6H12ClNO3/c1-10-6-4(8)5(9)3(7)2-11-6/h3-6,9H,2,8H2,1H3/t3-,4+,5-,6-/m0/s1. The Kier molecular flexibility index (Phi) is 3.09. The highest BCUT2D eigenvalue weighted by Gasteiger charge is 2.36. The normalized spacial score (nSPS) is 45.8. The number of methoxy groups -OCH3 is 1. The first kappa shape index (κ1) is 9.22. The van der Waals surface area contributed by atoms with Crippen molar-refractivity contribution in [2.24, 2.45) is 5.73 Å². The van der Waals surface area contributed by atoms with Crippen LogP contribution in [0.2, 0.25) is 0 Å². The quantitative estimate of drug-likeness (QED) is 0.525. The van der Waals surface area contributed by atoms with Crippen molar-refractivity contribution in [3.8, 4) is 0 Å². The van der Waals surface area contributed by atoms with Gasteiger partial charge in [0.2, 0.25) is 0 Å². The minimum Gasteiger partial charge on any atom is -0.390 e. The maximum atomic E-state index is 9.33. The maximum Gasteiger partial charge on any atom is 0.174 e. The van der Waals surface area contributed by atoms with Gasteiger partial charge in [-0.1, -0.05) is 0 Å². The van der Waals surface area contributed by atoms with E-state index in [0.29, 0.717) is 0 Å². The van der Waals surface area contributed by atoms with Crippen LogP contribution in [0.15, 0.2) is 0 Å². The van der Waals surface area contributed by atoms with E-state index in [-0.39, 0.29) is 6.61 Å². The summed E-state index contributed by atoms with van der Waals surface area (Å²) in [5.74, 6) is 0. The summed E-state index contributed by atoms with van der Waals surface area (Å²) in [7, 11) is 1.48. The molecule has 11 heavy (non-hydrogen) atoms. The largest absolute Gasteiger partial charge is 0.390 e. The third-order valence-electron chi connectivity index (χ3n) is 1.73. The van der Waals surface area contributed by atoms with E-state index in [1.165, 1.54) is 7.11 Å². The Hall–Kier alpha value is 0.130. The van der Waals surface area contributed by atoms with E-state index in [9.17, 15) is 5.11 Å². The van der Waals surface area contributed by atoms with E-state index < -0.39 is 23.8 Å². The highest BCUT2D eigenvalue weighted by Crippen LogP contribution is 2.17. The van der Waals surface area contributed by atoms with Gasteiger partial charge in [0.1, 0.15) is 0 Å². The lowest BCUT2D eigenvalue weighted by atomic mass is 10.1. The van der Waals surface area contributed by atoms with E-state index in [2.05, 4.69) is 0 Å². The molecule has 4 nitrogen and oxygen atoms in total. The number of hydrogen-bond donors (Lipinski definition) is 2. The summed E-state index contributed by atoms with van der Waals surface area (Å²) < 4.78 is 9.94. The Morgan fingerprint density at radius 2 is 2.36 bits per heavy atom. The van der Waals surface area contributed by atoms with Crippen molar-refractivity contribution in [1.82, 2.24) is 0 Å². The average molecular weight is 182 g/mol. The van der Waals surface area contributed by atoms with Crippen LogP contribution in [0.3, 0.4) is 0 Å². The molecule has 1 fully saturated rings. The number of alkyl halides is 1. The van der Waals surface area contributed by atoms with Crippen molar-refractivity contribution in [1.29, 1.82) is 0 Å². The smallest absolute Gasteiger partial charge is 0.174 e. The summed E-state index contributed by atoms with van der Waals surface area (Å²) in [5, 5.41) is 8.90. The summed E-state index contributed by atoms with van der Waals surface area (Å²) >= 11 is 5.67. The van der Waals surface area contributed by atoms with Crippen LogP contribution in [0, 0.1) is 0 Å². The zero-order chi connectivity index (χ0) is 8.43. The van der Waals surface area contributed by atoms with Crippen molar-refractivity contribution < 1.29 is 14.6 Å². The van der Waals surface area contributed by atoms with Gasteiger partial charge in [-0.25, -0.2) is 0 Å². The van der Waals surface area contributed by atoms with Gasteiger partial charge in [0, 0.05) is 7.11 Å². The summed E-state index contributed by atoms with van der Waals surface area (Å²) in [6.45, 7) is 0.273. The maximum absolute atomic E-state index is 9.33. The molecular formula is C6H12ClNO3. The van der Waals surface area contributed by atoms with E-state index in [4.69, 9.17) is 26.8 Å². The highest BCUT2D eigenvalue weighted by atomic mass is 35.5. The monoisotopic (exact) mass is 181 g/mol. The van der Waals surface area contributed by atoms with Gasteiger partial charge in [-0.2, -0.15) is 0 Å². The second-order valence-electron chi connectivity index (χ2n) is 2.52. The van der Waals surface area contributed by atoms with Crippen molar-refractivity contribution in [3.05, 3.63) is 0 Å². The molecule has 1 aliphatic heterocycles. The lowest BCUT2D eigenvalue weighted by molar-refractivity contribution is -0.180. The fraction of sp³-hybridized carbons (Fsp3) is 1.00. The molecule has 1 saturated heterocycles. The topological polar surface area (TPSA) is 64.7 Å². The predicted octanol–water partition coefficient (Wildman–Crippen LogP) is -0.715. The minimum absolute atomic E-state index is 0.273. The molecule has 66 valence electrons. The van der Waals surface area contributed by atoms with Gasteiger partial charge in [-0.05, 0) is 0 Å². The minimum atomic E-state index is -0.754. The third kappa shape index (κ3) is 1.83. The molecule has 0 bridgehead atoms. The van der Waals surface area contributed by atoms with Gasteiger partial charge >= 0.3 is 0 Å². The van der Waals surface area contributed by atoms with Crippen molar-refractivity contribution >= 4 is 11.6 Å². The number of halogens is 1. The van der Waals surface area contributed by atoms with Crippen LogP contribution in [0.25, 0.3) is 0 Å². The Balaban J connectivity index is 2.52. The molecule has 0 aromatic rings. The van der Waals surface area contributed by atoms with E-state index in [1.807, 2.05) is 0 Å². The third-order valence-corrected chi connectivity index (χ3v) is 2.12. The number of nitrogens with two attached hydrogens (primary N) is 1. The molecule has 1 heterocycles. The van der Waals surface area contributed by atoms with E-state index in [1.54, 1.807) is 0 Å². The van der Waals surface area contributed by atoms with Crippen LogP contribution in [0.4, 0.5) is 0 Å². The fourth-order valence-corrected chi connectivity index (χ4v) is 1.26. The molecule has 1 aliphatic rings. The first-order valence-corrected chi connectivity index (χ1v) is 3.82. The van der Waals surface area contributed by atoms with Crippen LogP contribution in [-0.2, 0) is 9.47 Å². The van der Waals surface area contributed by atoms with Crippen molar-refractivity contribution in [3.63, 3.8) is 0 Å². The molecule has 0 amide bonds. The first-order valence-electron chi connectivity index (χ1n) is 3.39. The first-order chi connectivity index (χ1) is 5.16.